The van der Waals surface area contributed by atoms with E-state index in [1.54, 1.807) is 25.1 Å². The lowest BCUT2D eigenvalue weighted by Gasteiger charge is -2.34. The van der Waals surface area contributed by atoms with Gasteiger partial charge in [0.05, 0.1) is 16.6 Å². The van der Waals surface area contributed by atoms with Gasteiger partial charge in [0.2, 0.25) is 11.8 Å². The maximum absolute atomic E-state index is 13.3. The van der Waals surface area contributed by atoms with Gasteiger partial charge >= 0.3 is 0 Å². The summed E-state index contributed by atoms with van der Waals surface area (Å²) in [6.07, 6.45) is -0.146. The fourth-order valence-electron chi connectivity index (χ4n) is 4.93. The lowest BCUT2D eigenvalue weighted by atomic mass is 9.85. The highest BCUT2D eigenvalue weighted by Crippen LogP contribution is 2.38. The van der Waals surface area contributed by atoms with Crippen LogP contribution < -0.4 is 4.74 Å². The van der Waals surface area contributed by atoms with Crippen molar-refractivity contribution >= 4 is 46.6 Å². The van der Waals surface area contributed by atoms with E-state index in [-0.39, 0.29) is 29.8 Å². The van der Waals surface area contributed by atoms with Crippen molar-refractivity contribution in [2.45, 2.75) is 25.9 Å². The van der Waals surface area contributed by atoms with Crippen LogP contribution in [0.2, 0.25) is 15.1 Å². The molecule has 2 saturated heterocycles. The van der Waals surface area contributed by atoms with E-state index in [9.17, 15) is 9.59 Å². The van der Waals surface area contributed by atoms with Crippen molar-refractivity contribution in [2.24, 2.45) is 5.92 Å². The van der Waals surface area contributed by atoms with Crippen molar-refractivity contribution in [3.05, 3.63) is 63.1 Å². The summed E-state index contributed by atoms with van der Waals surface area (Å²) < 4.78 is 6.27. The molecule has 3 atom stereocenters. The van der Waals surface area contributed by atoms with Gasteiger partial charge in [0, 0.05) is 63.1 Å². The van der Waals surface area contributed by atoms with Gasteiger partial charge in [0.15, 0.2) is 0 Å². The standard InChI is InChI=1S/C26H30Cl3N3O3/c1-17(35-21-6-4-20(27)5-7-21)22-14-32(15-23(22)19-3-8-24(28)25(29)13-19)26(34)16-30-9-11-31(12-10-30)18(2)33/h3-8,13,17,22-23H,9-12,14-16H2,1-2H3. The number of halogens is 3. The number of benzene rings is 2. The number of hydrogen-bond donors (Lipinski definition) is 0. The molecular weight excluding hydrogens is 509 g/mol. The maximum atomic E-state index is 13.3. The number of hydrogen-bond acceptors (Lipinski definition) is 4. The second-order valence-corrected chi connectivity index (χ2v) is 10.6. The molecule has 0 saturated carbocycles. The zero-order valence-corrected chi connectivity index (χ0v) is 22.2. The summed E-state index contributed by atoms with van der Waals surface area (Å²) in [4.78, 5) is 30.8. The van der Waals surface area contributed by atoms with Crippen LogP contribution in [0.1, 0.15) is 25.3 Å². The van der Waals surface area contributed by atoms with Gasteiger partial charge in [0.25, 0.3) is 0 Å². The predicted molar refractivity (Wildman–Crippen MR) is 140 cm³/mol. The molecule has 188 valence electrons. The van der Waals surface area contributed by atoms with Gasteiger partial charge in [-0.3, -0.25) is 14.5 Å². The molecule has 0 bridgehead atoms. The van der Waals surface area contributed by atoms with E-state index >= 15 is 0 Å². The normalized spacial score (nSPS) is 21.7. The number of amides is 2. The first-order valence-electron chi connectivity index (χ1n) is 11.8. The predicted octanol–water partition coefficient (Wildman–Crippen LogP) is 4.82. The smallest absolute Gasteiger partial charge is 0.236 e. The molecule has 0 aliphatic carbocycles. The molecule has 2 amide bonds. The molecule has 0 spiro atoms. The maximum Gasteiger partial charge on any atom is 0.236 e. The zero-order chi connectivity index (χ0) is 25.1. The van der Waals surface area contributed by atoms with Crippen LogP contribution in [0, 0.1) is 5.92 Å². The molecular formula is C26H30Cl3N3O3. The van der Waals surface area contributed by atoms with Crippen LogP contribution in [0.4, 0.5) is 0 Å². The molecule has 0 aromatic heterocycles. The van der Waals surface area contributed by atoms with Crippen LogP contribution >= 0.6 is 34.8 Å². The van der Waals surface area contributed by atoms with Crippen molar-refractivity contribution in [1.82, 2.24) is 14.7 Å². The number of ether oxygens (including phenoxy) is 1. The van der Waals surface area contributed by atoms with E-state index < -0.39 is 0 Å². The van der Waals surface area contributed by atoms with E-state index in [1.165, 1.54) is 0 Å². The first-order chi connectivity index (χ1) is 16.7. The third kappa shape index (κ3) is 6.42. The van der Waals surface area contributed by atoms with Crippen molar-refractivity contribution < 1.29 is 14.3 Å². The Morgan fingerprint density at radius 1 is 0.943 bits per heavy atom. The number of carbonyl (C=O) groups is 2. The Bertz CT molecular complexity index is 1060. The van der Waals surface area contributed by atoms with Gasteiger partial charge < -0.3 is 14.5 Å². The largest absolute Gasteiger partial charge is 0.490 e. The van der Waals surface area contributed by atoms with Gasteiger partial charge in [-0.1, -0.05) is 40.9 Å². The summed E-state index contributed by atoms with van der Waals surface area (Å²) in [7, 11) is 0. The molecule has 3 unspecified atom stereocenters. The number of nitrogens with zero attached hydrogens (tertiary/aromatic N) is 3. The highest BCUT2D eigenvalue weighted by molar-refractivity contribution is 6.42. The van der Waals surface area contributed by atoms with E-state index in [1.807, 2.05) is 41.0 Å². The summed E-state index contributed by atoms with van der Waals surface area (Å²) in [6, 6.07) is 13.0. The quantitative estimate of drug-likeness (QED) is 0.529. The Morgan fingerprint density at radius 2 is 1.63 bits per heavy atom. The van der Waals surface area contributed by atoms with Crippen molar-refractivity contribution in [3.8, 4) is 5.75 Å². The average molecular weight is 539 g/mol. The van der Waals surface area contributed by atoms with Gasteiger partial charge in [-0.2, -0.15) is 0 Å². The Kier molecular flexibility index (Phi) is 8.48. The van der Waals surface area contributed by atoms with Gasteiger partial charge in [-0.25, -0.2) is 0 Å². The molecule has 0 radical (unpaired) electrons. The first kappa shape index (κ1) is 26.1. The Labute approximate surface area is 221 Å². The van der Waals surface area contributed by atoms with Crippen LogP contribution in [-0.4, -0.2) is 78.4 Å². The molecule has 2 fully saturated rings. The summed E-state index contributed by atoms with van der Waals surface area (Å²) >= 11 is 18.5. The summed E-state index contributed by atoms with van der Waals surface area (Å²) in [5.41, 5.74) is 1.04. The minimum absolute atomic E-state index is 0.0607. The van der Waals surface area contributed by atoms with E-state index in [0.29, 0.717) is 60.9 Å². The van der Waals surface area contributed by atoms with Crippen LogP contribution in [0.5, 0.6) is 5.75 Å². The van der Waals surface area contributed by atoms with Gasteiger partial charge in [0.1, 0.15) is 11.9 Å². The molecule has 0 N–H and O–H groups in total. The Morgan fingerprint density at radius 3 is 2.26 bits per heavy atom. The van der Waals surface area contributed by atoms with Crippen molar-refractivity contribution in [2.75, 3.05) is 45.8 Å². The average Bonchev–Trinajstić information content (AvgIpc) is 3.28. The Balaban J connectivity index is 1.47. The van der Waals surface area contributed by atoms with Crippen LogP contribution in [0.3, 0.4) is 0 Å². The highest BCUT2D eigenvalue weighted by Gasteiger charge is 2.40. The third-order valence-electron chi connectivity index (χ3n) is 7.00. The van der Waals surface area contributed by atoms with Crippen LogP contribution in [0.15, 0.2) is 42.5 Å². The molecule has 9 heteroatoms. The molecule has 2 aliphatic heterocycles. The summed E-state index contributed by atoms with van der Waals surface area (Å²) in [5.74, 6) is 1.04. The number of piperazine rings is 1. The first-order valence-corrected chi connectivity index (χ1v) is 13.0. The monoisotopic (exact) mass is 537 g/mol. The molecule has 2 heterocycles. The molecule has 4 rings (SSSR count). The minimum Gasteiger partial charge on any atom is -0.490 e. The summed E-state index contributed by atoms with van der Waals surface area (Å²) in [6.45, 7) is 7.87. The molecule has 2 aromatic carbocycles. The fraction of sp³-hybridized carbons (Fsp3) is 0.462. The molecule has 2 aliphatic rings. The SMILES string of the molecule is CC(=O)N1CCN(CC(=O)N2CC(c3ccc(Cl)c(Cl)c3)C(C(C)Oc3ccc(Cl)cc3)C2)CC1. The highest BCUT2D eigenvalue weighted by atomic mass is 35.5. The van der Waals surface area contributed by atoms with Crippen LogP contribution in [-0.2, 0) is 9.59 Å². The Hall–Kier alpha value is -1.99. The van der Waals surface area contributed by atoms with Gasteiger partial charge in [-0.15, -0.1) is 0 Å². The minimum atomic E-state index is -0.146. The second kappa shape index (κ2) is 11.4. The van der Waals surface area contributed by atoms with E-state index in [2.05, 4.69) is 4.90 Å². The number of likely N-dealkylation sites (tertiary alicyclic amines) is 1. The molecule has 35 heavy (non-hydrogen) atoms. The van der Waals surface area contributed by atoms with Crippen LogP contribution in [0.25, 0.3) is 0 Å². The topological polar surface area (TPSA) is 53.1 Å². The number of rotatable bonds is 6. The van der Waals surface area contributed by atoms with E-state index in [4.69, 9.17) is 39.5 Å². The fourth-order valence-corrected chi connectivity index (χ4v) is 5.36. The van der Waals surface area contributed by atoms with Crippen molar-refractivity contribution in [1.29, 1.82) is 0 Å². The lowest BCUT2D eigenvalue weighted by Crippen LogP contribution is -2.51. The zero-order valence-electron chi connectivity index (χ0n) is 19.9. The molecule has 6 nitrogen and oxygen atoms in total. The van der Waals surface area contributed by atoms with Crippen molar-refractivity contribution in [3.63, 3.8) is 0 Å². The van der Waals surface area contributed by atoms with E-state index in [0.717, 1.165) is 11.3 Å². The van der Waals surface area contributed by atoms with Gasteiger partial charge in [-0.05, 0) is 48.9 Å². The number of carbonyl (C=O) groups excluding carboxylic acids is 2. The lowest BCUT2D eigenvalue weighted by molar-refractivity contribution is -0.133. The second-order valence-electron chi connectivity index (χ2n) is 9.30. The summed E-state index contributed by atoms with van der Waals surface area (Å²) in [5, 5.41) is 1.66. The third-order valence-corrected chi connectivity index (χ3v) is 8.00. The molecule has 2 aromatic rings.